The number of carbonyl (C=O) groups excluding carboxylic acids is 2. The summed E-state index contributed by atoms with van der Waals surface area (Å²) in [4.78, 5) is 40.3. The Bertz CT molecular complexity index is 1310. The van der Waals surface area contributed by atoms with Crippen LogP contribution in [0.2, 0.25) is 0 Å². The average Bonchev–Trinajstić information content (AvgIpc) is 3.21. The van der Waals surface area contributed by atoms with E-state index < -0.39 is 10.8 Å². The molecule has 2 N–H and O–H groups in total. The summed E-state index contributed by atoms with van der Waals surface area (Å²) in [7, 11) is 0. The molecule has 0 fully saturated rings. The standard InChI is InChI=1S/C27H26N4O5/c1-2-36-24(32)13-14-28-17-18-7-6-10-20(15-18)29-26(19-8-4-3-5-9-19)25-22-16-21(31(34)35)11-12-23(22)30-27(25)33/h3-12,15-16,25,28H,2,13-14,17H2,1H3,(H,30,33). The highest BCUT2D eigenvalue weighted by Gasteiger charge is 2.36. The number of benzene rings is 3. The molecule has 1 heterocycles. The maximum atomic E-state index is 13.1. The number of rotatable bonds is 10. The zero-order chi connectivity index (χ0) is 25.5. The molecule has 0 radical (unpaired) electrons. The van der Waals surface area contributed by atoms with Gasteiger partial charge in [-0.1, -0.05) is 42.5 Å². The molecule has 9 heteroatoms. The largest absolute Gasteiger partial charge is 0.466 e. The fourth-order valence-corrected chi connectivity index (χ4v) is 4.07. The SMILES string of the molecule is CCOC(=O)CCNCc1cccc(N=C(c2ccccc2)C2C(=O)Nc3ccc([N+](=O)[O-])cc32)c1. The number of aliphatic imine (C=N–C) groups is 1. The molecule has 0 saturated heterocycles. The molecule has 0 bridgehead atoms. The van der Waals surface area contributed by atoms with Crippen LogP contribution in [0.3, 0.4) is 0 Å². The summed E-state index contributed by atoms with van der Waals surface area (Å²) in [6, 6.07) is 21.2. The van der Waals surface area contributed by atoms with Crippen LogP contribution < -0.4 is 10.6 Å². The first-order valence-electron chi connectivity index (χ1n) is 11.6. The van der Waals surface area contributed by atoms with Gasteiger partial charge in [0.25, 0.3) is 5.69 Å². The second kappa shape index (κ2) is 11.4. The van der Waals surface area contributed by atoms with Crippen molar-refractivity contribution in [1.29, 1.82) is 0 Å². The van der Waals surface area contributed by atoms with Crippen LogP contribution >= 0.6 is 0 Å². The molecule has 0 aromatic heterocycles. The van der Waals surface area contributed by atoms with Crippen LogP contribution in [0.5, 0.6) is 0 Å². The van der Waals surface area contributed by atoms with Crippen LogP contribution in [0.15, 0.2) is 77.8 Å². The van der Waals surface area contributed by atoms with E-state index in [4.69, 9.17) is 9.73 Å². The Morgan fingerprint density at radius 3 is 2.67 bits per heavy atom. The smallest absolute Gasteiger partial charge is 0.307 e. The predicted octanol–water partition coefficient (Wildman–Crippen LogP) is 4.49. The second-order valence-corrected chi connectivity index (χ2v) is 8.22. The molecule has 1 aliphatic heterocycles. The van der Waals surface area contributed by atoms with E-state index in [0.29, 0.717) is 42.3 Å². The first kappa shape index (κ1) is 24.7. The van der Waals surface area contributed by atoms with E-state index >= 15 is 0 Å². The van der Waals surface area contributed by atoms with Crippen molar-refractivity contribution in [3.8, 4) is 0 Å². The van der Waals surface area contributed by atoms with Crippen molar-refractivity contribution >= 4 is 34.7 Å². The van der Waals surface area contributed by atoms with Crippen LogP contribution in [-0.2, 0) is 20.9 Å². The molecule has 1 amide bonds. The molecule has 1 unspecified atom stereocenters. The number of esters is 1. The quantitative estimate of drug-likeness (QED) is 0.143. The number of non-ortho nitro benzene ring substituents is 1. The topological polar surface area (TPSA) is 123 Å². The number of hydrogen-bond donors (Lipinski definition) is 2. The summed E-state index contributed by atoms with van der Waals surface area (Å²) in [5.41, 5.74) is 3.82. The minimum atomic E-state index is -0.798. The van der Waals surface area contributed by atoms with Crippen molar-refractivity contribution in [2.45, 2.75) is 25.8 Å². The van der Waals surface area contributed by atoms with Gasteiger partial charge in [-0.05, 0) is 36.2 Å². The van der Waals surface area contributed by atoms with Gasteiger partial charge in [-0.15, -0.1) is 0 Å². The zero-order valence-corrected chi connectivity index (χ0v) is 19.8. The van der Waals surface area contributed by atoms with Gasteiger partial charge >= 0.3 is 5.97 Å². The molecule has 0 spiro atoms. The highest BCUT2D eigenvalue weighted by atomic mass is 16.6. The van der Waals surface area contributed by atoms with E-state index in [0.717, 1.165) is 11.1 Å². The maximum absolute atomic E-state index is 13.1. The summed E-state index contributed by atoms with van der Waals surface area (Å²) in [6.45, 7) is 3.15. The van der Waals surface area contributed by atoms with Gasteiger partial charge in [0.05, 0.1) is 29.4 Å². The van der Waals surface area contributed by atoms with Crippen LogP contribution in [0.25, 0.3) is 0 Å². The van der Waals surface area contributed by atoms with Gasteiger partial charge in [0, 0.05) is 36.5 Å². The Balaban J connectivity index is 1.64. The minimum absolute atomic E-state index is 0.0847. The molecule has 4 rings (SSSR count). The lowest BCUT2D eigenvalue weighted by Gasteiger charge is -2.14. The molecule has 1 atom stereocenters. The Morgan fingerprint density at radius 1 is 1.11 bits per heavy atom. The molecule has 36 heavy (non-hydrogen) atoms. The number of nitrogens with zero attached hydrogens (tertiary/aromatic N) is 2. The van der Waals surface area contributed by atoms with Gasteiger partial charge in [0.1, 0.15) is 5.92 Å². The molecular formula is C27H26N4O5. The molecule has 184 valence electrons. The Morgan fingerprint density at radius 2 is 1.92 bits per heavy atom. The van der Waals surface area contributed by atoms with Gasteiger partial charge in [-0.25, -0.2) is 0 Å². The number of ether oxygens (including phenoxy) is 1. The lowest BCUT2D eigenvalue weighted by atomic mass is 9.90. The second-order valence-electron chi connectivity index (χ2n) is 8.22. The van der Waals surface area contributed by atoms with Crippen molar-refractivity contribution in [3.05, 3.63) is 99.6 Å². The summed E-state index contributed by atoms with van der Waals surface area (Å²) in [6.07, 6.45) is 0.284. The number of nitro benzene ring substituents is 1. The summed E-state index contributed by atoms with van der Waals surface area (Å²) in [5, 5.41) is 17.4. The van der Waals surface area contributed by atoms with Crippen LogP contribution in [-0.4, -0.2) is 35.7 Å². The fraction of sp³-hybridized carbons (Fsp3) is 0.222. The number of nitro groups is 1. The van der Waals surface area contributed by atoms with Crippen molar-refractivity contribution in [2.75, 3.05) is 18.5 Å². The zero-order valence-electron chi connectivity index (χ0n) is 19.8. The Kier molecular flexibility index (Phi) is 7.82. The van der Waals surface area contributed by atoms with Crippen LogP contribution in [0, 0.1) is 10.1 Å². The van der Waals surface area contributed by atoms with Crippen molar-refractivity contribution in [3.63, 3.8) is 0 Å². The van der Waals surface area contributed by atoms with E-state index in [1.165, 1.54) is 12.1 Å². The normalized spacial score (nSPS) is 14.8. The van der Waals surface area contributed by atoms with E-state index in [1.54, 1.807) is 13.0 Å². The first-order valence-corrected chi connectivity index (χ1v) is 11.6. The number of anilines is 1. The number of fused-ring (bicyclic) bond motifs is 1. The monoisotopic (exact) mass is 486 g/mol. The third kappa shape index (κ3) is 5.81. The maximum Gasteiger partial charge on any atom is 0.307 e. The number of nitrogens with one attached hydrogen (secondary N) is 2. The van der Waals surface area contributed by atoms with Gasteiger partial charge in [-0.3, -0.25) is 24.7 Å². The fourth-order valence-electron chi connectivity index (χ4n) is 4.07. The summed E-state index contributed by atoms with van der Waals surface area (Å²) < 4.78 is 4.94. The summed E-state index contributed by atoms with van der Waals surface area (Å²) >= 11 is 0. The first-order chi connectivity index (χ1) is 17.5. The minimum Gasteiger partial charge on any atom is -0.466 e. The molecule has 0 saturated carbocycles. The van der Waals surface area contributed by atoms with Crippen LogP contribution in [0.1, 0.15) is 36.0 Å². The lowest BCUT2D eigenvalue weighted by Crippen LogP contribution is -2.22. The van der Waals surface area contributed by atoms with Crippen molar-refractivity contribution in [1.82, 2.24) is 5.32 Å². The summed E-state index contributed by atoms with van der Waals surface area (Å²) in [5.74, 6) is -1.33. The van der Waals surface area contributed by atoms with Crippen LogP contribution in [0.4, 0.5) is 17.1 Å². The Hall–Kier alpha value is -4.37. The third-order valence-electron chi connectivity index (χ3n) is 5.72. The average molecular weight is 487 g/mol. The highest BCUT2D eigenvalue weighted by Crippen LogP contribution is 2.38. The van der Waals surface area contributed by atoms with Crippen molar-refractivity contribution in [2.24, 2.45) is 4.99 Å². The van der Waals surface area contributed by atoms with E-state index in [9.17, 15) is 19.7 Å². The van der Waals surface area contributed by atoms with E-state index in [2.05, 4.69) is 10.6 Å². The molecule has 3 aromatic rings. The highest BCUT2D eigenvalue weighted by molar-refractivity contribution is 6.24. The van der Waals surface area contributed by atoms with E-state index in [-0.39, 0.29) is 24.0 Å². The number of amides is 1. The van der Waals surface area contributed by atoms with Gasteiger partial charge in [0.15, 0.2) is 0 Å². The van der Waals surface area contributed by atoms with Gasteiger partial charge < -0.3 is 15.4 Å². The van der Waals surface area contributed by atoms with Gasteiger partial charge in [-0.2, -0.15) is 0 Å². The molecule has 1 aliphatic rings. The predicted molar refractivity (Wildman–Crippen MR) is 137 cm³/mol. The Labute approximate surface area is 208 Å². The van der Waals surface area contributed by atoms with Crippen molar-refractivity contribution < 1.29 is 19.2 Å². The lowest BCUT2D eigenvalue weighted by molar-refractivity contribution is -0.384. The van der Waals surface area contributed by atoms with E-state index in [1.807, 2.05) is 54.6 Å². The molecule has 3 aromatic carbocycles. The van der Waals surface area contributed by atoms with Gasteiger partial charge in [0.2, 0.25) is 5.91 Å². The third-order valence-corrected chi connectivity index (χ3v) is 5.72. The molecule has 0 aliphatic carbocycles. The number of hydrogen-bond acceptors (Lipinski definition) is 7. The molecular weight excluding hydrogens is 460 g/mol. The number of carbonyl (C=O) groups is 2. The molecule has 9 nitrogen and oxygen atoms in total.